The number of halogens is 5. The number of anilines is 2. The van der Waals surface area contributed by atoms with Gasteiger partial charge in [-0.25, -0.2) is 13.6 Å². The third-order valence-corrected chi connectivity index (χ3v) is 8.37. The van der Waals surface area contributed by atoms with E-state index in [0.717, 1.165) is 36.8 Å². The minimum absolute atomic E-state index is 0.133. The third-order valence-electron chi connectivity index (χ3n) is 5.20. The molecule has 0 saturated heterocycles. The van der Waals surface area contributed by atoms with Crippen LogP contribution in [0.5, 0.6) is 0 Å². The second kappa shape index (κ2) is 9.90. The van der Waals surface area contributed by atoms with Gasteiger partial charge in [0.05, 0.1) is 11.7 Å². The molecule has 33 heavy (non-hydrogen) atoms. The Bertz CT molecular complexity index is 1230. The minimum atomic E-state index is -0.874. The fourth-order valence-electron chi connectivity index (χ4n) is 3.68. The second-order valence-electron chi connectivity index (χ2n) is 7.37. The van der Waals surface area contributed by atoms with Crippen molar-refractivity contribution in [2.24, 2.45) is 0 Å². The van der Waals surface area contributed by atoms with Gasteiger partial charge in [0.2, 0.25) is 0 Å². The zero-order valence-corrected chi connectivity index (χ0v) is 21.6. The van der Waals surface area contributed by atoms with Gasteiger partial charge >= 0.3 is 6.03 Å². The summed E-state index contributed by atoms with van der Waals surface area (Å²) in [6.45, 7) is 0.133. The first-order chi connectivity index (χ1) is 15.7. The van der Waals surface area contributed by atoms with Crippen LogP contribution < -0.4 is 15.5 Å². The van der Waals surface area contributed by atoms with Crippen LogP contribution in [0.15, 0.2) is 68.0 Å². The Morgan fingerprint density at radius 3 is 2.39 bits per heavy atom. The molecule has 5 nitrogen and oxygen atoms in total. The van der Waals surface area contributed by atoms with Crippen LogP contribution >= 0.6 is 47.8 Å². The van der Waals surface area contributed by atoms with E-state index in [0.29, 0.717) is 18.1 Å². The number of para-hydroxylation sites is 1. The topological polar surface area (TPSA) is 61.4 Å². The van der Waals surface area contributed by atoms with Crippen molar-refractivity contribution in [3.63, 3.8) is 0 Å². The van der Waals surface area contributed by atoms with E-state index >= 15 is 0 Å². The highest BCUT2D eigenvalue weighted by molar-refractivity contribution is 9.14. The van der Waals surface area contributed by atoms with Crippen LogP contribution in [-0.2, 0) is 6.42 Å². The smallest absolute Gasteiger partial charge is 0.319 e. The maximum atomic E-state index is 13.8. The molecule has 170 valence electrons. The number of nitrogens with one attached hydrogen (secondary N) is 2. The molecule has 10 heteroatoms. The maximum Gasteiger partial charge on any atom is 0.319 e. The first kappa shape index (κ1) is 23.8. The monoisotopic (exact) mass is 641 g/mol. The normalized spacial score (nSPS) is 14.7. The van der Waals surface area contributed by atoms with Gasteiger partial charge < -0.3 is 15.5 Å². The van der Waals surface area contributed by atoms with Crippen molar-refractivity contribution in [3.8, 4) is 0 Å². The van der Waals surface area contributed by atoms with Crippen molar-refractivity contribution >= 4 is 71.1 Å². The number of carbonyl (C=O) groups is 2. The molecule has 3 aromatic rings. The predicted molar refractivity (Wildman–Crippen MR) is 134 cm³/mol. The number of urea groups is 1. The van der Waals surface area contributed by atoms with Crippen molar-refractivity contribution in [2.75, 3.05) is 16.8 Å². The van der Waals surface area contributed by atoms with Crippen molar-refractivity contribution in [2.45, 2.75) is 12.5 Å². The molecule has 3 amide bonds. The van der Waals surface area contributed by atoms with E-state index in [9.17, 15) is 18.4 Å². The lowest BCUT2D eigenvalue weighted by Gasteiger charge is -2.26. The van der Waals surface area contributed by atoms with Crippen molar-refractivity contribution in [1.82, 2.24) is 5.32 Å². The summed E-state index contributed by atoms with van der Waals surface area (Å²) >= 11 is 10.3. The fraction of sp³-hybridized carbons (Fsp3) is 0.130. The molecule has 3 aromatic carbocycles. The Kier molecular flexibility index (Phi) is 7.16. The lowest BCUT2D eigenvalue weighted by Crippen LogP contribution is -2.46. The number of rotatable bonds is 4. The summed E-state index contributed by atoms with van der Waals surface area (Å²) in [5.74, 6) is -1.82. The zero-order chi connectivity index (χ0) is 23.7. The lowest BCUT2D eigenvalue weighted by atomic mass is 10.1. The Hall–Kier alpha value is -2.30. The summed E-state index contributed by atoms with van der Waals surface area (Å²) in [5, 5.41) is 5.05. The largest absolute Gasteiger partial charge is 0.336 e. The molecular weight excluding hydrogens is 628 g/mol. The quantitative estimate of drug-likeness (QED) is 0.313. The number of benzene rings is 3. The van der Waals surface area contributed by atoms with Gasteiger partial charge in [0.25, 0.3) is 5.91 Å². The highest BCUT2D eigenvalue weighted by Gasteiger charge is 2.34. The van der Waals surface area contributed by atoms with Crippen molar-refractivity contribution < 1.29 is 18.4 Å². The van der Waals surface area contributed by atoms with Crippen LogP contribution in [0.4, 0.5) is 25.0 Å². The van der Waals surface area contributed by atoms with Crippen LogP contribution in [0, 0.1) is 11.6 Å². The molecule has 1 atom stereocenters. The second-order valence-corrected chi connectivity index (χ2v) is 9.88. The zero-order valence-electron chi connectivity index (χ0n) is 16.8. The van der Waals surface area contributed by atoms with Gasteiger partial charge in [-0.2, -0.15) is 0 Å². The van der Waals surface area contributed by atoms with Gasteiger partial charge in [-0.3, -0.25) is 4.79 Å². The molecule has 0 fully saturated rings. The predicted octanol–water partition coefficient (Wildman–Crippen LogP) is 6.65. The molecule has 1 unspecified atom stereocenters. The molecule has 4 rings (SSSR count). The number of hydrogen-bond acceptors (Lipinski definition) is 2. The molecule has 0 bridgehead atoms. The van der Waals surface area contributed by atoms with Gasteiger partial charge in [-0.1, -0.05) is 18.2 Å². The molecule has 0 saturated carbocycles. The molecule has 0 radical (unpaired) electrons. The summed E-state index contributed by atoms with van der Waals surface area (Å²) < 4.78 is 29.2. The Balaban J connectivity index is 1.53. The highest BCUT2D eigenvalue weighted by Crippen LogP contribution is 2.36. The molecule has 1 heterocycles. The van der Waals surface area contributed by atoms with Crippen molar-refractivity contribution in [1.29, 1.82) is 0 Å². The number of carbonyl (C=O) groups excluding carboxylic acids is 2. The minimum Gasteiger partial charge on any atom is -0.336 e. The summed E-state index contributed by atoms with van der Waals surface area (Å²) in [4.78, 5) is 27.5. The highest BCUT2D eigenvalue weighted by atomic mass is 79.9. The van der Waals surface area contributed by atoms with E-state index in [-0.39, 0.29) is 24.2 Å². The molecule has 1 aliphatic rings. The van der Waals surface area contributed by atoms with Gasteiger partial charge in [-0.15, -0.1) is 0 Å². The SMILES string of the molecule is O=C(NCC1Cc2ccccc2N1C(=O)c1cc(Br)c(Br)c(Br)c1)Nc1ccc(F)cc1F. The van der Waals surface area contributed by atoms with E-state index in [4.69, 9.17) is 0 Å². The van der Waals surface area contributed by atoms with Gasteiger partial charge in [0.1, 0.15) is 11.6 Å². The number of amides is 3. The molecule has 0 aliphatic carbocycles. The van der Waals surface area contributed by atoms with E-state index < -0.39 is 17.7 Å². The average molecular weight is 644 g/mol. The van der Waals surface area contributed by atoms with Crippen LogP contribution in [0.3, 0.4) is 0 Å². The molecule has 1 aliphatic heterocycles. The molecule has 0 aromatic heterocycles. The number of fused-ring (bicyclic) bond motifs is 1. The summed E-state index contributed by atoms with van der Waals surface area (Å²) in [6, 6.07) is 12.9. The third kappa shape index (κ3) is 5.12. The van der Waals surface area contributed by atoms with E-state index in [1.54, 1.807) is 17.0 Å². The summed E-state index contributed by atoms with van der Waals surface area (Å²) in [6.07, 6.45) is 0.548. The first-order valence-electron chi connectivity index (χ1n) is 9.80. The Morgan fingerprint density at radius 2 is 1.70 bits per heavy atom. The van der Waals surface area contributed by atoms with Crippen LogP contribution in [-0.4, -0.2) is 24.5 Å². The van der Waals surface area contributed by atoms with E-state index in [1.165, 1.54) is 0 Å². The molecule has 0 spiro atoms. The van der Waals surface area contributed by atoms with E-state index in [2.05, 4.69) is 58.4 Å². The average Bonchev–Trinajstić information content (AvgIpc) is 3.15. The van der Waals surface area contributed by atoms with Crippen LogP contribution in [0.1, 0.15) is 15.9 Å². The van der Waals surface area contributed by atoms with Gasteiger partial charge in [0, 0.05) is 37.3 Å². The molecule has 2 N–H and O–H groups in total. The van der Waals surface area contributed by atoms with Crippen LogP contribution in [0.2, 0.25) is 0 Å². The standard InChI is InChI=1S/C23H16Br3F2N3O2/c24-16-8-13(9-17(25)21(16)26)22(32)31-15(7-12-3-1-2-4-20(12)31)11-29-23(33)30-19-6-5-14(27)10-18(19)28/h1-6,8-10,15H,7,11H2,(H2,29,30,33). The van der Waals surface area contributed by atoms with Crippen LogP contribution in [0.25, 0.3) is 0 Å². The first-order valence-corrected chi connectivity index (χ1v) is 12.2. The number of hydrogen-bond donors (Lipinski definition) is 2. The summed E-state index contributed by atoms with van der Waals surface area (Å²) in [5.41, 5.74) is 2.09. The van der Waals surface area contributed by atoms with Gasteiger partial charge in [-0.05, 0) is 90.1 Å². The molecular formula is C23H16Br3F2N3O2. The lowest BCUT2D eigenvalue weighted by molar-refractivity contribution is 0.0979. The number of nitrogens with zero attached hydrogens (tertiary/aromatic N) is 1. The summed E-state index contributed by atoms with van der Waals surface area (Å²) in [7, 11) is 0. The Labute approximate surface area is 213 Å². The van der Waals surface area contributed by atoms with E-state index in [1.807, 2.05) is 24.3 Å². The Morgan fingerprint density at radius 1 is 1.00 bits per heavy atom. The fourth-order valence-corrected chi connectivity index (χ4v) is 5.10. The maximum absolute atomic E-state index is 13.8. The van der Waals surface area contributed by atoms with Gasteiger partial charge in [0.15, 0.2) is 0 Å². The van der Waals surface area contributed by atoms with Crippen molar-refractivity contribution in [3.05, 3.63) is 90.8 Å².